The highest BCUT2D eigenvalue weighted by atomic mass is 32.2. The third-order valence-electron chi connectivity index (χ3n) is 1.70. The highest BCUT2D eigenvalue weighted by molar-refractivity contribution is 7.99. The Balaban J connectivity index is 2.28. The number of hydrogen-bond donors (Lipinski definition) is 0. The normalized spacial score (nSPS) is 33.0. The smallest absolute Gasteiger partial charge is 0.0155 e. The first kappa shape index (κ1) is 6.43. The zero-order valence-electron chi connectivity index (χ0n) is 5.55. The lowest BCUT2D eigenvalue weighted by Crippen LogP contribution is -2.36. The van der Waals surface area contributed by atoms with Crippen molar-refractivity contribution in [3.05, 3.63) is 0 Å². The summed E-state index contributed by atoms with van der Waals surface area (Å²) in [5.41, 5.74) is 0. The molecule has 0 aliphatic carbocycles. The van der Waals surface area contributed by atoms with E-state index >= 15 is 0 Å². The van der Waals surface area contributed by atoms with Gasteiger partial charge >= 0.3 is 0 Å². The number of rotatable bonds is 0. The molecule has 0 radical (unpaired) electrons. The molecule has 0 aromatic heterocycles. The fraction of sp³-hybridized carbons (Fsp3) is 1.00. The van der Waals surface area contributed by atoms with Crippen molar-refractivity contribution in [2.24, 2.45) is 0 Å². The zero-order chi connectivity index (χ0) is 5.98. The van der Waals surface area contributed by atoms with E-state index in [0.717, 1.165) is 6.04 Å². The maximum atomic E-state index is 2.41. The van der Waals surface area contributed by atoms with Crippen molar-refractivity contribution in [2.45, 2.75) is 13.0 Å². The molecule has 1 heterocycles. The molecule has 48 valence electrons. The molecule has 0 spiro atoms. The Morgan fingerprint density at radius 3 is 2.75 bits per heavy atom. The summed E-state index contributed by atoms with van der Waals surface area (Å²) in [6.45, 7) is 3.55. The number of nitrogens with zero attached hydrogens (tertiary/aromatic N) is 1. The molecule has 1 rings (SSSR count). The van der Waals surface area contributed by atoms with Gasteiger partial charge in [-0.15, -0.1) is 0 Å². The van der Waals surface area contributed by atoms with Crippen LogP contribution in [-0.4, -0.2) is 36.0 Å². The molecule has 1 unspecified atom stereocenters. The van der Waals surface area contributed by atoms with Gasteiger partial charge in [0.15, 0.2) is 0 Å². The van der Waals surface area contributed by atoms with Crippen molar-refractivity contribution in [2.75, 3.05) is 25.1 Å². The van der Waals surface area contributed by atoms with Gasteiger partial charge in [0.05, 0.1) is 0 Å². The third-order valence-corrected chi connectivity index (χ3v) is 2.89. The van der Waals surface area contributed by atoms with Gasteiger partial charge in [0.2, 0.25) is 0 Å². The molecule has 8 heavy (non-hydrogen) atoms. The maximum Gasteiger partial charge on any atom is 0.0155 e. The van der Waals surface area contributed by atoms with Crippen molar-refractivity contribution < 1.29 is 0 Å². The molecular formula is C6H13NS. The van der Waals surface area contributed by atoms with Gasteiger partial charge in [0, 0.05) is 24.1 Å². The first-order chi connectivity index (χ1) is 3.80. The molecule has 1 aliphatic heterocycles. The summed E-state index contributed by atoms with van der Waals surface area (Å²) in [4.78, 5) is 2.41. The van der Waals surface area contributed by atoms with Gasteiger partial charge in [-0.3, -0.25) is 0 Å². The number of hydrogen-bond acceptors (Lipinski definition) is 2. The predicted molar refractivity (Wildman–Crippen MR) is 39.4 cm³/mol. The van der Waals surface area contributed by atoms with Crippen LogP contribution in [0, 0.1) is 0 Å². The standard InChI is InChI=1S/C6H13NS/c1-6-5-8-4-3-7(6)2/h6H,3-5H2,1-2H3. The van der Waals surface area contributed by atoms with Crippen LogP contribution < -0.4 is 0 Å². The first-order valence-corrected chi connectivity index (χ1v) is 4.24. The molecule has 1 fully saturated rings. The minimum atomic E-state index is 0.800. The Kier molecular flexibility index (Phi) is 2.20. The molecule has 0 aromatic carbocycles. The molecule has 0 aromatic rings. The minimum Gasteiger partial charge on any atom is -0.302 e. The molecule has 0 bridgehead atoms. The fourth-order valence-corrected chi connectivity index (χ4v) is 1.99. The zero-order valence-corrected chi connectivity index (χ0v) is 6.37. The van der Waals surface area contributed by atoms with E-state index in [4.69, 9.17) is 0 Å². The predicted octanol–water partition coefficient (Wildman–Crippen LogP) is 1.05. The summed E-state index contributed by atoms with van der Waals surface area (Å²) < 4.78 is 0. The van der Waals surface area contributed by atoms with Crippen LogP contribution >= 0.6 is 11.8 Å². The first-order valence-electron chi connectivity index (χ1n) is 3.08. The quantitative estimate of drug-likeness (QED) is 0.483. The van der Waals surface area contributed by atoms with Crippen LogP contribution in [0.2, 0.25) is 0 Å². The largest absolute Gasteiger partial charge is 0.302 e. The molecule has 0 amide bonds. The van der Waals surface area contributed by atoms with Gasteiger partial charge < -0.3 is 4.90 Å². The van der Waals surface area contributed by atoms with Gasteiger partial charge in [-0.05, 0) is 14.0 Å². The van der Waals surface area contributed by atoms with E-state index in [9.17, 15) is 0 Å². The summed E-state index contributed by atoms with van der Waals surface area (Å²) in [5, 5.41) is 0. The van der Waals surface area contributed by atoms with E-state index in [1.807, 2.05) is 0 Å². The van der Waals surface area contributed by atoms with Gasteiger partial charge in [0.25, 0.3) is 0 Å². The number of thioether (sulfide) groups is 1. The van der Waals surface area contributed by atoms with Crippen molar-refractivity contribution in [1.29, 1.82) is 0 Å². The van der Waals surface area contributed by atoms with Gasteiger partial charge in [-0.2, -0.15) is 11.8 Å². The van der Waals surface area contributed by atoms with Crippen LogP contribution in [-0.2, 0) is 0 Å². The summed E-state index contributed by atoms with van der Waals surface area (Å²) in [7, 11) is 2.20. The maximum absolute atomic E-state index is 2.41. The lowest BCUT2D eigenvalue weighted by Gasteiger charge is -2.28. The van der Waals surface area contributed by atoms with E-state index in [1.165, 1.54) is 18.1 Å². The highest BCUT2D eigenvalue weighted by Crippen LogP contribution is 2.12. The second-order valence-corrected chi connectivity index (χ2v) is 3.55. The van der Waals surface area contributed by atoms with Crippen molar-refractivity contribution >= 4 is 11.8 Å². The van der Waals surface area contributed by atoms with Crippen molar-refractivity contribution in [1.82, 2.24) is 4.90 Å². The van der Waals surface area contributed by atoms with Crippen LogP contribution in [0.25, 0.3) is 0 Å². The second kappa shape index (κ2) is 2.74. The topological polar surface area (TPSA) is 3.24 Å². The van der Waals surface area contributed by atoms with E-state index in [2.05, 4.69) is 30.6 Å². The van der Waals surface area contributed by atoms with Gasteiger partial charge in [-0.1, -0.05) is 0 Å². The van der Waals surface area contributed by atoms with Crippen LogP contribution in [0.5, 0.6) is 0 Å². The summed E-state index contributed by atoms with van der Waals surface area (Å²) in [6.07, 6.45) is 0. The lowest BCUT2D eigenvalue weighted by atomic mass is 10.3. The monoisotopic (exact) mass is 131 g/mol. The van der Waals surface area contributed by atoms with Crippen molar-refractivity contribution in [3.63, 3.8) is 0 Å². The fourth-order valence-electron chi connectivity index (χ4n) is 0.810. The molecular weight excluding hydrogens is 118 g/mol. The Morgan fingerprint density at radius 1 is 1.62 bits per heavy atom. The Labute approximate surface area is 55.4 Å². The molecule has 0 saturated carbocycles. The van der Waals surface area contributed by atoms with Gasteiger partial charge in [-0.25, -0.2) is 0 Å². The third kappa shape index (κ3) is 1.39. The molecule has 2 heteroatoms. The van der Waals surface area contributed by atoms with E-state index in [-0.39, 0.29) is 0 Å². The van der Waals surface area contributed by atoms with Crippen LogP contribution in [0.3, 0.4) is 0 Å². The van der Waals surface area contributed by atoms with Crippen molar-refractivity contribution in [3.8, 4) is 0 Å². The van der Waals surface area contributed by atoms with Crippen LogP contribution in [0.1, 0.15) is 6.92 Å². The van der Waals surface area contributed by atoms with Gasteiger partial charge in [0.1, 0.15) is 0 Å². The second-order valence-electron chi connectivity index (χ2n) is 2.40. The summed E-state index contributed by atoms with van der Waals surface area (Å²) in [5.74, 6) is 2.64. The Morgan fingerprint density at radius 2 is 2.38 bits per heavy atom. The highest BCUT2D eigenvalue weighted by Gasteiger charge is 2.12. The minimum absolute atomic E-state index is 0.800. The summed E-state index contributed by atoms with van der Waals surface area (Å²) in [6, 6.07) is 0.800. The average Bonchev–Trinajstić information content (AvgIpc) is 1.77. The van der Waals surface area contributed by atoms with E-state index in [0.29, 0.717) is 0 Å². The Hall–Kier alpha value is 0.310. The molecule has 1 saturated heterocycles. The van der Waals surface area contributed by atoms with Crippen LogP contribution in [0.15, 0.2) is 0 Å². The lowest BCUT2D eigenvalue weighted by molar-refractivity contribution is 0.287. The summed E-state index contributed by atoms with van der Waals surface area (Å²) >= 11 is 2.07. The van der Waals surface area contributed by atoms with Crippen LogP contribution in [0.4, 0.5) is 0 Å². The van der Waals surface area contributed by atoms with E-state index < -0.39 is 0 Å². The molecule has 1 atom stereocenters. The Bertz CT molecular complexity index is 64.9. The molecule has 0 N–H and O–H groups in total. The van der Waals surface area contributed by atoms with E-state index in [1.54, 1.807) is 0 Å². The average molecular weight is 131 g/mol. The SMILES string of the molecule is CC1CSCCN1C. The molecule has 1 aliphatic rings. The molecule has 1 nitrogen and oxygen atoms in total.